The Morgan fingerprint density at radius 3 is 2.50 bits per heavy atom. The first-order valence-electron chi connectivity index (χ1n) is 5.84. The predicted octanol–water partition coefficient (Wildman–Crippen LogP) is 2.37. The number of benzene rings is 1. The lowest BCUT2D eigenvalue weighted by Gasteiger charge is -2.21. The Morgan fingerprint density at radius 1 is 1.17 bits per heavy atom. The molecule has 0 unspecified atom stereocenters. The standard InChI is InChI=1S/C14H14N4/c1-2-18(11-12-6-4-3-5-7-12)14-10-16-13(8-15)9-17-14/h3-7,9-10H,2,11H2,1H3. The van der Waals surface area contributed by atoms with Crippen LogP contribution in [-0.2, 0) is 6.54 Å². The van der Waals surface area contributed by atoms with Crippen molar-refractivity contribution in [2.45, 2.75) is 13.5 Å². The van der Waals surface area contributed by atoms with Crippen molar-refractivity contribution < 1.29 is 0 Å². The Hall–Kier alpha value is -2.41. The second kappa shape index (κ2) is 5.78. The monoisotopic (exact) mass is 238 g/mol. The molecule has 2 rings (SSSR count). The first-order chi connectivity index (χ1) is 8.83. The van der Waals surface area contributed by atoms with Gasteiger partial charge in [0.2, 0.25) is 0 Å². The molecule has 2 aromatic rings. The van der Waals surface area contributed by atoms with E-state index in [1.54, 1.807) is 6.20 Å². The highest BCUT2D eigenvalue weighted by atomic mass is 15.2. The summed E-state index contributed by atoms with van der Waals surface area (Å²) in [7, 11) is 0. The van der Waals surface area contributed by atoms with Crippen LogP contribution < -0.4 is 4.90 Å². The fourth-order valence-electron chi connectivity index (χ4n) is 1.70. The molecular formula is C14H14N4. The highest BCUT2D eigenvalue weighted by Gasteiger charge is 2.07. The summed E-state index contributed by atoms with van der Waals surface area (Å²) in [6.07, 6.45) is 3.15. The molecule has 4 nitrogen and oxygen atoms in total. The molecule has 0 bridgehead atoms. The number of hydrogen-bond donors (Lipinski definition) is 0. The molecule has 0 saturated heterocycles. The minimum absolute atomic E-state index is 0.342. The topological polar surface area (TPSA) is 52.8 Å². The van der Waals surface area contributed by atoms with Crippen molar-refractivity contribution in [1.29, 1.82) is 5.26 Å². The van der Waals surface area contributed by atoms with Gasteiger partial charge < -0.3 is 4.90 Å². The molecule has 0 radical (unpaired) electrons. The molecule has 1 aromatic carbocycles. The first kappa shape index (κ1) is 12.1. The van der Waals surface area contributed by atoms with Gasteiger partial charge in [-0.1, -0.05) is 30.3 Å². The number of nitrogens with zero attached hydrogens (tertiary/aromatic N) is 4. The maximum atomic E-state index is 8.69. The third-order valence-electron chi connectivity index (χ3n) is 2.67. The maximum absolute atomic E-state index is 8.69. The van der Waals surface area contributed by atoms with Gasteiger partial charge >= 0.3 is 0 Å². The van der Waals surface area contributed by atoms with Crippen LogP contribution in [0.2, 0.25) is 0 Å². The van der Waals surface area contributed by atoms with Gasteiger partial charge in [-0.2, -0.15) is 5.26 Å². The van der Waals surface area contributed by atoms with E-state index in [4.69, 9.17) is 5.26 Å². The third kappa shape index (κ3) is 2.83. The van der Waals surface area contributed by atoms with Crippen LogP contribution >= 0.6 is 0 Å². The lowest BCUT2D eigenvalue weighted by Crippen LogP contribution is -2.23. The van der Waals surface area contributed by atoms with Gasteiger partial charge in [0.05, 0.1) is 12.4 Å². The lowest BCUT2D eigenvalue weighted by molar-refractivity contribution is 0.808. The van der Waals surface area contributed by atoms with Crippen molar-refractivity contribution >= 4 is 5.82 Å². The Labute approximate surface area is 107 Å². The van der Waals surface area contributed by atoms with Crippen LogP contribution in [-0.4, -0.2) is 16.5 Å². The number of aromatic nitrogens is 2. The van der Waals surface area contributed by atoms with Crippen LogP contribution in [0.1, 0.15) is 18.2 Å². The van der Waals surface area contributed by atoms with Crippen LogP contribution in [0.5, 0.6) is 0 Å². The van der Waals surface area contributed by atoms with Crippen molar-refractivity contribution in [1.82, 2.24) is 9.97 Å². The highest BCUT2D eigenvalue weighted by molar-refractivity contribution is 5.38. The van der Waals surface area contributed by atoms with E-state index in [2.05, 4.69) is 33.9 Å². The van der Waals surface area contributed by atoms with Gasteiger partial charge in [-0.25, -0.2) is 9.97 Å². The van der Waals surface area contributed by atoms with Crippen molar-refractivity contribution in [3.8, 4) is 6.07 Å². The average molecular weight is 238 g/mol. The molecule has 0 aliphatic heterocycles. The molecule has 0 N–H and O–H groups in total. The number of anilines is 1. The van der Waals surface area contributed by atoms with E-state index in [1.165, 1.54) is 11.8 Å². The first-order valence-corrected chi connectivity index (χ1v) is 5.84. The van der Waals surface area contributed by atoms with E-state index < -0.39 is 0 Å². The van der Waals surface area contributed by atoms with Crippen LogP contribution in [0.3, 0.4) is 0 Å². The Morgan fingerprint density at radius 2 is 1.94 bits per heavy atom. The zero-order chi connectivity index (χ0) is 12.8. The molecule has 90 valence electrons. The Kier molecular flexibility index (Phi) is 3.87. The van der Waals surface area contributed by atoms with Crippen LogP contribution in [0, 0.1) is 11.3 Å². The fourth-order valence-corrected chi connectivity index (χ4v) is 1.70. The molecule has 0 atom stereocenters. The molecule has 0 aliphatic rings. The van der Waals surface area contributed by atoms with Crippen LogP contribution in [0.4, 0.5) is 5.82 Å². The summed E-state index contributed by atoms with van der Waals surface area (Å²) in [5.74, 6) is 0.792. The molecule has 18 heavy (non-hydrogen) atoms. The van der Waals surface area contributed by atoms with Gasteiger partial charge in [-0.15, -0.1) is 0 Å². The summed E-state index contributed by atoms with van der Waals surface area (Å²) in [6, 6.07) is 12.2. The zero-order valence-electron chi connectivity index (χ0n) is 10.2. The van der Waals surface area contributed by atoms with E-state index in [-0.39, 0.29) is 0 Å². The summed E-state index contributed by atoms with van der Waals surface area (Å²) in [5, 5.41) is 8.69. The SMILES string of the molecule is CCN(Cc1ccccc1)c1cnc(C#N)cn1. The van der Waals surface area contributed by atoms with Gasteiger partial charge in [0.15, 0.2) is 5.69 Å². The molecule has 0 amide bonds. The molecule has 0 fully saturated rings. The maximum Gasteiger partial charge on any atom is 0.158 e. The molecule has 0 saturated carbocycles. The highest BCUT2D eigenvalue weighted by Crippen LogP contribution is 2.12. The fraction of sp³-hybridized carbons (Fsp3) is 0.214. The Balaban J connectivity index is 2.15. The Bertz CT molecular complexity index is 528. The molecule has 1 aromatic heterocycles. The zero-order valence-corrected chi connectivity index (χ0v) is 10.2. The van der Waals surface area contributed by atoms with Gasteiger partial charge in [-0.3, -0.25) is 0 Å². The van der Waals surface area contributed by atoms with Crippen LogP contribution in [0.25, 0.3) is 0 Å². The molecule has 1 heterocycles. The van der Waals surface area contributed by atoms with Gasteiger partial charge in [0.1, 0.15) is 11.9 Å². The van der Waals surface area contributed by atoms with E-state index in [0.717, 1.165) is 18.9 Å². The summed E-state index contributed by atoms with van der Waals surface area (Å²) in [5.41, 5.74) is 1.57. The molecule has 0 spiro atoms. The van der Waals surface area contributed by atoms with Crippen LogP contribution in [0.15, 0.2) is 42.7 Å². The van der Waals surface area contributed by atoms with Crippen molar-refractivity contribution in [2.24, 2.45) is 0 Å². The van der Waals surface area contributed by atoms with E-state index in [1.807, 2.05) is 24.3 Å². The third-order valence-corrected chi connectivity index (χ3v) is 2.67. The number of nitriles is 1. The average Bonchev–Trinajstić information content (AvgIpc) is 2.46. The number of hydrogen-bond acceptors (Lipinski definition) is 4. The van der Waals surface area contributed by atoms with Crippen molar-refractivity contribution in [2.75, 3.05) is 11.4 Å². The second-order valence-electron chi connectivity index (χ2n) is 3.87. The molecular weight excluding hydrogens is 224 g/mol. The summed E-state index contributed by atoms with van der Waals surface area (Å²) < 4.78 is 0. The predicted molar refractivity (Wildman–Crippen MR) is 69.9 cm³/mol. The smallest absolute Gasteiger partial charge is 0.158 e. The largest absolute Gasteiger partial charge is 0.351 e. The van der Waals surface area contributed by atoms with Gasteiger partial charge in [-0.05, 0) is 12.5 Å². The second-order valence-corrected chi connectivity index (χ2v) is 3.87. The summed E-state index contributed by atoms with van der Waals surface area (Å²) >= 11 is 0. The minimum atomic E-state index is 0.342. The van der Waals surface area contributed by atoms with Crippen molar-refractivity contribution in [3.05, 3.63) is 54.0 Å². The van der Waals surface area contributed by atoms with E-state index in [0.29, 0.717) is 5.69 Å². The van der Waals surface area contributed by atoms with Gasteiger partial charge in [0.25, 0.3) is 0 Å². The molecule has 4 heteroatoms. The minimum Gasteiger partial charge on any atom is -0.351 e. The number of rotatable bonds is 4. The van der Waals surface area contributed by atoms with Crippen molar-refractivity contribution in [3.63, 3.8) is 0 Å². The van der Waals surface area contributed by atoms with E-state index >= 15 is 0 Å². The van der Waals surface area contributed by atoms with E-state index in [9.17, 15) is 0 Å². The lowest BCUT2D eigenvalue weighted by atomic mass is 10.2. The molecule has 0 aliphatic carbocycles. The summed E-state index contributed by atoms with van der Waals surface area (Å²) in [4.78, 5) is 10.4. The summed E-state index contributed by atoms with van der Waals surface area (Å²) in [6.45, 7) is 3.70. The quantitative estimate of drug-likeness (QED) is 0.820. The normalized spacial score (nSPS) is 9.78. The van der Waals surface area contributed by atoms with Gasteiger partial charge in [0, 0.05) is 13.1 Å².